The highest BCUT2D eigenvalue weighted by Gasteiger charge is 2.51. The maximum absolute atomic E-state index is 13.4. The van der Waals surface area contributed by atoms with E-state index < -0.39 is 84.8 Å². The number of cyclic esters (lactones) is 1. The van der Waals surface area contributed by atoms with Gasteiger partial charge in [0.25, 0.3) is 0 Å². The number of fused-ring (bicyclic) bond motifs is 1. The van der Waals surface area contributed by atoms with Gasteiger partial charge in [-0.1, -0.05) is 19.9 Å². The standard InChI is InChI=1S/C35H58O14/c1-17-10-13-26(37)46-20(4)22(16-44-34-32(43-9)31(42-8)27(38)21(5)47-34)30-23(48-30)11-12-25(36)35(6,40)15-18(2)29(17)49-33-28(39)24(41-7)14-19(3)45-33/h10,13,17-24,27-34,38-40H,11-12,14-16H2,1-9H3/b13-10-/t17-,18-,19?,20+,21?,22+,23-,24?,27?,28?,29+,30-,31?,32?,33?,34?,35-/m0/s1. The number of ether oxygens (including phenoxy) is 9. The molecule has 4 aliphatic heterocycles. The van der Waals surface area contributed by atoms with E-state index in [-0.39, 0.29) is 49.5 Å². The monoisotopic (exact) mass is 702 g/mol. The number of methoxy groups -OCH3 is 3. The molecule has 0 aromatic rings. The zero-order chi connectivity index (χ0) is 36.2. The topological polar surface area (TPSA) is 181 Å². The van der Waals surface area contributed by atoms with E-state index in [1.165, 1.54) is 34.3 Å². The summed E-state index contributed by atoms with van der Waals surface area (Å²) in [5, 5.41) is 32.9. The average Bonchev–Trinajstić information content (AvgIpc) is 3.82. The SMILES string of the molecule is COC1CC(C)OC(O[C@@H]2[C@@H](C)/C=C\C(=O)O[C@H](C)[C@@H](COC3OC(C)C(O)C(OC)C3OC)[C@@H]3O[C@H]3CCC(=O)[C@@](C)(O)C[C@@H]2C)C1O. The predicted octanol–water partition coefficient (Wildman–Crippen LogP) is 1.68. The van der Waals surface area contributed by atoms with Gasteiger partial charge in [0.2, 0.25) is 0 Å². The predicted molar refractivity (Wildman–Crippen MR) is 173 cm³/mol. The highest BCUT2D eigenvalue weighted by Crippen LogP contribution is 2.38. The second-order valence-corrected chi connectivity index (χ2v) is 14.4. The minimum atomic E-state index is -1.67. The third-order valence-corrected chi connectivity index (χ3v) is 10.5. The van der Waals surface area contributed by atoms with Crippen LogP contribution >= 0.6 is 0 Å². The first-order valence-electron chi connectivity index (χ1n) is 17.4. The number of aliphatic hydroxyl groups is 3. The molecule has 4 heterocycles. The van der Waals surface area contributed by atoms with Crippen LogP contribution in [0.25, 0.3) is 0 Å². The molecule has 0 bridgehead atoms. The molecule has 14 nitrogen and oxygen atoms in total. The van der Waals surface area contributed by atoms with Crippen LogP contribution in [0.4, 0.5) is 0 Å². The Bertz CT molecular complexity index is 1120. The molecule has 0 saturated carbocycles. The largest absolute Gasteiger partial charge is 0.459 e. The van der Waals surface area contributed by atoms with Crippen molar-refractivity contribution >= 4 is 11.8 Å². The zero-order valence-electron chi connectivity index (χ0n) is 30.3. The Morgan fingerprint density at radius 1 is 0.878 bits per heavy atom. The average molecular weight is 703 g/mol. The quantitative estimate of drug-likeness (QED) is 0.246. The van der Waals surface area contributed by atoms with Crippen molar-refractivity contribution in [1.82, 2.24) is 0 Å². The summed E-state index contributed by atoms with van der Waals surface area (Å²) < 4.78 is 52.8. The van der Waals surface area contributed by atoms with Crippen molar-refractivity contribution in [3.05, 3.63) is 12.2 Å². The lowest BCUT2D eigenvalue weighted by atomic mass is 9.81. The van der Waals surface area contributed by atoms with Gasteiger partial charge in [0, 0.05) is 52.1 Å². The smallest absolute Gasteiger partial charge is 0.330 e. The van der Waals surface area contributed by atoms with Crippen molar-refractivity contribution in [1.29, 1.82) is 0 Å². The van der Waals surface area contributed by atoms with E-state index in [1.54, 1.807) is 19.9 Å². The summed E-state index contributed by atoms with van der Waals surface area (Å²) in [5.74, 6) is -2.15. The lowest BCUT2D eigenvalue weighted by molar-refractivity contribution is -0.305. The van der Waals surface area contributed by atoms with E-state index in [2.05, 4.69) is 0 Å². The minimum Gasteiger partial charge on any atom is -0.459 e. The number of aliphatic hydroxyl groups excluding tert-OH is 2. The summed E-state index contributed by atoms with van der Waals surface area (Å²) in [6.45, 7) is 10.6. The van der Waals surface area contributed by atoms with E-state index in [4.69, 9.17) is 42.6 Å². The third-order valence-electron chi connectivity index (χ3n) is 10.5. The first-order valence-corrected chi connectivity index (χ1v) is 17.4. The highest BCUT2D eigenvalue weighted by atomic mass is 16.7. The Hall–Kier alpha value is -1.56. The van der Waals surface area contributed by atoms with Gasteiger partial charge in [-0.2, -0.15) is 0 Å². The fourth-order valence-electron chi connectivity index (χ4n) is 7.44. The van der Waals surface area contributed by atoms with Gasteiger partial charge in [0.1, 0.15) is 36.1 Å². The van der Waals surface area contributed by atoms with Crippen LogP contribution in [0.15, 0.2) is 12.2 Å². The number of Topliss-reactive ketones (excluding diaryl/α,β-unsaturated/α-hetero) is 1. The summed E-state index contributed by atoms with van der Waals surface area (Å²) in [4.78, 5) is 26.6. The van der Waals surface area contributed by atoms with Crippen LogP contribution in [-0.2, 0) is 52.2 Å². The maximum atomic E-state index is 13.4. The Morgan fingerprint density at radius 2 is 1.57 bits per heavy atom. The second-order valence-electron chi connectivity index (χ2n) is 14.4. The van der Waals surface area contributed by atoms with Gasteiger partial charge in [-0.05, 0) is 46.5 Å². The van der Waals surface area contributed by atoms with Crippen LogP contribution in [0.2, 0.25) is 0 Å². The van der Waals surface area contributed by atoms with Crippen LogP contribution in [0.3, 0.4) is 0 Å². The number of carbonyl (C=O) groups excluding carboxylic acids is 2. The van der Waals surface area contributed by atoms with Gasteiger partial charge in [-0.3, -0.25) is 4.79 Å². The van der Waals surface area contributed by atoms with Gasteiger partial charge < -0.3 is 58.0 Å². The zero-order valence-corrected chi connectivity index (χ0v) is 30.3. The number of epoxide rings is 1. The molecule has 17 atom stereocenters. The molecular weight excluding hydrogens is 644 g/mol. The third kappa shape index (κ3) is 9.86. The van der Waals surface area contributed by atoms with Gasteiger partial charge in [-0.25, -0.2) is 4.79 Å². The molecule has 3 saturated heterocycles. The van der Waals surface area contributed by atoms with Crippen molar-refractivity contribution in [3.8, 4) is 0 Å². The molecule has 0 aliphatic carbocycles. The van der Waals surface area contributed by atoms with E-state index in [0.29, 0.717) is 12.8 Å². The Kier molecular flexibility index (Phi) is 14.2. The van der Waals surface area contributed by atoms with Crippen LogP contribution in [-0.4, -0.2) is 140 Å². The fraction of sp³-hybridized carbons (Fsp3) is 0.886. The molecule has 282 valence electrons. The number of rotatable bonds is 8. The van der Waals surface area contributed by atoms with Crippen molar-refractivity contribution in [2.45, 2.75) is 153 Å². The number of esters is 1. The van der Waals surface area contributed by atoms with E-state index >= 15 is 0 Å². The maximum Gasteiger partial charge on any atom is 0.330 e. The first-order chi connectivity index (χ1) is 23.1. The molecule has 0 spiro atoms. The van der Waals surface area contributed by atoms with Gasteiger partial charge in [0.05, 0.1) is 43.2 Å². The number of hydrogen-bond acceptors (Lipinski definition) is 14. The number of hydrogen-bond donors (Lipinski definition) is 3. The molecule has 4 rings (SSSR count). The molecule has 49 heavy (non-hydrogen) atoms. The lowest BCUT2D eigenvalue weighted by Crippen LogP contribution is -2.59. The van der Waals surface area contributed by atoms with Gasteiger partial charge >= 0.3 is 5.97 Å². The molecule has 14 heteroatoms. The number of ketones is 1. The summed E-state index contributed by atoms with van der Waals surface area (Å²) in [6.07, 6.45) is -4.62. The summed E-state index contributed by atoms with van der Waals surface area (Å²) in [5.41, 5.74) is -1.67. The molecule has 0 radical (unpaired) electrons. The van der Waals surface area contributed by atoms with Crippen molar-refractivity contribution in [2.24, 2.45) is 17.8 Å². The van der Waals surface area contributed by atoms with E-state index in [9.17, 15) is 24.9 Å². The van der Waals surface area contributed by atoms with Gasteiger partial charge in [-0.15, -0.1) is 0 Å². The Balaban J connectivity index is 1.54. The fourth-order valence-corrected chi connectivity index (χ4v) is 7.44. The van der Waals surface area contributed by atoms with Crippen LogP contribution in [0, 0.1) is 17.8 Å². The summed E-state index contributed by atoms with van der Waals surface area (Å²) in [7, 11) is 4.48. The summed E-state index contributed by atoms with van der Waals surface area (Å²) >= 11 is 0. The molecule has 0 aromatic heterocycles. The molecule has 0 aromatic carbocycles. The molecule has 9 unspecified atom stereocenters. The first kappa shape index (κ1) is 40.2. The van der Waals surface area contributed by atoms with Crippen LogP contribution in [0.1, 0.15) is 67.2 Å². The highest BCUT2D eigenvalue weighted by molar-refractivity contribution is 5.86. The normalized spacial score (nSPS) is 48.0. The minimum absolute atomic E-state index is 0.0587. The van der Waals surface area contributed by atoms with E-state index in [0.717, 1.165) is 0 Å². The van der Waals surface area contributed by atoms with Crippen molar-refractivity contribution in [3.63, 3.8) is 0 Å². The second kappa shape index (κ2) is 17.3. The van der Waals surface area contributed by atoms with Gasteiger partial charge in [0.15, 0.2) is 18.4 Å². The van der Waals surface area contributed by atoms with E-state index in [1.807, 2.05) is 20.8 Å². The van der Waals surface area contributed by atoms with Crippen molar-refractivity contribution < 1.29 is 67.5 Å². The molecule has 0 amide bonds. The molecule has 3 N–H and O–H groups in total. The molecule has 4 aliphatic rings. The Labute approximate surface area is 289 Å². The lowest BCUT2D eigenvalue weighted by Gasteiger charge is -2.42. The van der Waals surface area contributed by atoms with Crippen molar-refractivity contribution in [2.75, 3.05) is 27.9 Å². The number of carbonyl (C=O) groups is 2. The van der Waals surface area contributed by atoms with Crippen LogP contribution in [0.5, 0.6) is 0 Å². The molecule has 3 fully saturated rings. The summed E-state index contributed by atoms with van der Waals surface area (Å²) in [6, 6.07) is 0. The van der Waals surface area contributed by atoms with Crippen LogP contribution < -0.4 is 0 Å². The molecular formula is C35H58O14. The Morgan fingerprint density at radius 3 is 2.22 bits per heavy atom.